The molecule has 0 saturated carbocycles. The van der Waals surface area contributed by atoms with Crippen molar-refractivity contribution >= 4 is 7.82 Å². The van der Waals surface area contributed by atoms with Crippen LogP contribution in [0.4, 0.5) is 0 Å². The van der Waals surface area contributed by atoms with Crippen molar-refractivity contribution in [2.75, 3.05) is 0 Å². The van der Waals surface area contributed by atoms with Crippen molar-refractivity contribution in [2.24, 2.45) is 0 Å². The first-order chi connectivity index (χ1) is 2.00. The maximum absolute atomic E-state index is 8.55. The van der Waals surface area contributed by atoms with Crippen molar-refractivity contribution in [3.8, 4) is 0 Å². The second-order valence-electron chi connectivity index (χ2n) is 0.447. The average molecular weight is 210 g/mol. The predicted octanol–water partition coefficient (Wildman–Crippen LogP) is -5.71. The number of hydrogen-bond acceptors (Lipinski definition) is 4. The predicted molar refractivity (Wildman–Crippen MR) is 8.72 cm³/mol. The van der Waals surface area contributed by atoms with Crippen LogP contribution in [0.2, 0.25) is 0 Å². The maximum atomic E-state index is 8.55. The molecule has 0 aromatic heterocycles. The Bertz CT molecular complexity index is 62.2. The van der Waals surface area contributed by atoms with Crippen molar-refractivity contribution in [3.63, 3.8) is 0 Å². The molecule has 0 aromatic rings. The van der Waals surface area contributed by atoms with Gasteiger partial charge in [-0.1, -0.05) is 0 Å². The van der Waals surface area contributed by atoms with E-state index in [1.165, 1.54) is 0 Å². The van der Waals surface area contributed by atoms with E-state index in [0.717, 1.165) is 0 Å². The molecule has 7 heteroatoms. The summed E-state index contributed by atoms with van der Waals surface area (Å²) in [5, 5.41) is 0. The minimum atomic E-state index is -5.39. The second kappa shape index (κ2) is 6.12. The van der Waals surface area contributed by atoms with Crippen LogP contribution in [0, 0.1) is 0 Å². The van der Waals surface area contributed by atoms with Gasteiger partial charge in [-0.25, -0.2) is 0 Å². The molecule has 0 radical (unpaired) electrons. The van der Waals surface area contributed by atoms with Crippen LogP contribution in [0.5, 0.6) is 0 Å². The molecule has 0 aliphatic carbocycles. The van der Waals surface area contributed by atoms with Crippen LogP contribution in [0.3, 0.4) is 0 Å². The molecule has 0 aliphatic rings. The molecular weight excluding hydrogens is 209 g/mol. The third kappa shape index (κ3) is 72.3. The third-order valence-corrected chi connectivity index (χ3v) is 0. The molecular formula is HNaO4PZr+3. The van der Waals surface area contributed by atoms with Gasteiger partial charge >= 0.3 is 57.2 Å². The topological polar surface area (TPSA) is 86.2 Å². The average Bonchev–Trinajstić information content (AvgIpc) is 0.722. The zero-order valence-corrected chi connectivity index (χ0v) is 8.93. The largest absolute Gasteiger partial charge is 4.00 e. The molecule has 7 heavy (non-hydrogen) atoms. The Morgan fingerprint density at radius 2 is 1.29 bits per heavy atom. The number of phosphoric acid groups is 1. The molecule has 0 aliphatic heterocycles. The van der Waals surface area contributed by atoms with Gasteiger partial charge in [-0.3, -0.25) is 0 Å². The Hall–Kier alpha value is 1.99. The minimum Gasteiger partial charge on any atom is -0.822 e. The van der Waals surface area contributed by atoms with Gasteiger partial charge in [-0.2, -0.15) is 7.82 Å². The zero-order valence-electron chi connectivity index (χ0n) is 4.58. The van der Waals surface area contributed by atoms with Crippen molar-refractivity contribution < 1.29 is 76.4 Å². The Labute approximate surface area is 83.5 Å². The van der Waals surface area contributed by atoms with Gasteiger partial charge in [0.05, 0.1) is 0 Å². The first-order valence-corrected chi connectivity index (χ1v) is 2.19. The Morgan fingerprint density at radius 1 is 1.29 bits per heavy atom. The summed E-state index contributed by atoms with van der Waals surface area (Å²) in [6, 6.07) is 0. The van der Waals surface area contributed by atoms with E-state index < -0.39 is 7.82 Å². The summed E-state index contributed by atoms with van der Waals surface area (Å²) in [7, 11) is -5.39. The van der Waals surface area contributed by atoms with Gasteiger partial charge in [-0.15, -0.1) is 0 Å². The molecule has 0 spiro atoms. The first-order valence-electron chi connectivity index (χ1n) is 0.730. The molecule has 0 amide bonds. The summed E-state index contributed by atoms with van der Waals surface area (Å²) in [6.45, 7) is 0. The van der Waals surface area contributed by atoms with E-state index in [0.29, 0.717) is 0 Å². The molecule has 4 nitrogen and oxygen atoms in total. The third-order valence-electron chi connectivity index (χ3n) is 0. The van der Waals surface area contributed by atoms with Crippen molar-refractivity contribution in [2.45, 2.75) is 0 Å². The van der Waals surface area contributed by atoms with E-state index in [-0.39, 0.29) is 57.2 Å². The molecule has 0 fully saturated rings. The van der Waals surface area contributed by atoms with E-state index in [9.17, 15) is 0 Å². The molecule has 0 heterocycles. The summed E-state index contributed by atoms with van der Waals surface area (Å²) in [5.74, 6) is 0. The van der Waals surface area contributed by atoms with Gasteiger partial charge in [0.1, 0.15) is 0 Å². The quantitative estimate of drug-likeness (QED) is 0.294. The molecule has 32 valence electrons. The van der Waals surface area contributed by atoms with Crippen LogP contribution in [-0.4, -0.2) is 0 Å². The number of rotatable bonds is 0. The minimum absolute atomic E-state index is 0. The van der Waals surface area contributed by atoms with Crippen molar-refractivity contribution in [1.29, 1.82) is 0 Å². The summed E-state index contributed by atoms with van der Waals surface area (Å²) < 4.78 is 8.55. The van der Waals surface area contributed by atoms with Gasteiger partial charge in [0.2, 0.25) is 0 Å². The monoisotopic (exact) mass is 209 g/mol. The van der Waals surface area contributed by atoms with Crippen molar-refractivity contribution in [1.82, 2.24) is 0 Å². The molecule has 0 N–H and O–H groups in total. The van der Waals surface area contributed by atoms with Crippen LogP contribution < -0.4 is 44.2 Å². The van der Waals surface area contributed by atoms with Crippen LogP contribution in [0.25, 0.3) is 0 Å². The summed E-state index contributed by atoms with van der Waals surface area (Å²) >= 11 is 0. The SMILES string of the molecule is O=P([O-])([O-])[O-].[H+].[Na+].[Zr+4]. The van der Waals surface area contributed by atoms with Crippen molar-refractivity contribution in [3.05, 3.63) is 0 Å². The fraction of sp³-hybridized carbons (Fsp3) is 0. The van der Waals surface area contributed by atoms with E-state index >= 15 is 0 Å². The van der Waals surface area contributed by atoms with E-state index in [4.69, 9.17) is 19.2 Å². The van der Waals surface area contributed by atoms with Crippen LogP contribution >= 0.6 is 7.82 Å². The van der Waals surface area contributed by atoms with Crippen LogP contribution in [-0.2, 0) is 30.8 Å². The second-order valence-corrected chi connectivity index (χ2v) is 1.34. The summed E-state index contributed by atoms with van der Waals surface area (Å²) in [5.41, 5.74) is 0. The molecule has 0 atom stereocenters. The van der Waals surface area contributed by atoms with Gasteiger partial charge in [-0.05, 0) is 0 Å². The van der Waals surface area contributed by atoms with Crippen LogP contribution in [0.1, 0.15) is 1.43 Å². The first kappa shape index (κ1) is 16.0. The van der Waals surface area contributed by atoms with Gasteiger partial charge in [0.25, 0.3) is 0 Å². The standard InChI is InChI=1S/Na.H3O4P.Zr/c;1-5(2,3)4;/h;(H3,1,2,3,4);/q+1;;+4/p-2. The van der Waals surface area contributed by atoms with Crippen LogP contribution in [0.15, 0.2) is 0 Å². The van der Waals surface area contributed by atoms with Gasteiger partial charge < -0.3 is 19.2 Å². The Balaban J connectivity index is -0.0000000267. The summed E-state index contributed by atoms with van der Waals surface area (Å²) in [4.78, 5) is 25.6. The normalized spacial score (nSPS) is 8.43. The Kier molecular flexibility index (Phi) is 14.0. The maximum Gasteiger partial charge on any atom is 4.00 e. The zero-order chi connectivity index (χ0) is 4.50. The summed E-state index contributed by atoms with van der Waals surface area (Å²) in [6.07, 6.45) is 0. The van der Waals surface area contributed by atoms with Gasteiger partial charge in [0, 0.05) is 0 Å². The molecule has 0 unspecified atom stereocenters. The van der Waals surface area contributed by atoms with E-state index in [1.54, 1.807) is 0 Å². The smallest absolute Gasteiger partial charge is 0.822 e. The fourth-order valence-electron chi connectivity index (χ4n) is 0. The van der Waals surface area contributed by atoms with E-state index in [2.05, 4.69) is 0 Å². The molecule has 0 aromatic carbocycles. The fourth-order valence-corrected chi connectivity index (χ4v) is 0. The molecule has 0 saturated heterocycles. The van der Waals surface area contributed by atoms with Gasteiger partial charge in [0.15, 0.2) is 0 Å². The molecule has 0 bridgehead atoms. The molecule has 0 rings (SSSR count). The Morgan fingerprint density at radius 3 is 1.29 bits per heavy atom. The van der Waals surface area contributed by atoms with E-state index in [1.807, 2.05) is 0 Å². The number of hydrogen-bond donors (Lipinski definition) is 0.